The van der Waals surface area contributed by atoms with Gasteiger partial charge in [-0.15, -0.1) is 12.4 Å². The number of allylic oxidation sites excluding steroid dienone is 1. The molecule has 0 unspecified atom stereocenters. The fourth-order valence-electron chi connectivity index (χ4n) is 1.35. The Labute approximate surface area is 120 Å². The topological polar surface area (TPSA) is 30.0 Å². The van der Waals surface area contributed by atoms with Crippen molar-refractivity contribution in [3.05, 3.63) is 70.5 Å². The molecule has 0 aliphatic heterocycles. The number of hydrogen-bond acceptors (Lipinski definition) is 2. The van der Waals surface area contributed by atoms with E-state index < -0.39 is 0 Å². The van der Waals surface area contributed by atoms with Crippen LogP contribution >= 0.6 is 28.3 Å². The molecule has 0 atom stereocenters. The molecule has 2 aromatic rings. The van der Waals surface area contributed by atoms with Crippen molar-refractivity contribution in [2.24, 2.45) is 0 Å². The summed E-state index contributed by atoms with van der Waals surface area (Å²) in [4.78, 5) is 15.9. The third-order valence-electron chi connectivity index (χ3n) is 2.22. The molecule has 0 spiro atoms. The summed E-state index contributed by atoms with van der Waals surface area (Å²) in [6.45, 7) is 0. The molecule has 0 N–H and O–H groups in total. The van der Waals surface area contributed by atoms with E-state index in [0.29, 0.717) is 5.56 Å². The minimum Gasteiger partial charge on any atom is -0.289 e. The molecule has 2 nitrogen and oxygen atoms in total. The number of benzene rings is 1. The van der Waals surface area contributed by atoms with Gasteiger partial charge in [0.1, 0.15) is 0 Å². The Balaban J connectivity index is 0.00000162. The Morgan fingerprint density at radius 2 is 1.83 bits per heavy atom. The second-order valence-corrected chi connectivity index (χ2v) is 4.37. The van der Waals surface area contributed by atoms with E-state index in [1.54, 1.807) is 24.4 Å². The van der Waals surface area contributed by atoms with Gasteiger partial charge in [-0.05, 0) is 48.6 Å². The van der Waals surface area contributed by atoms with E-state index in [2.05, 4.69) is 20.9 Å². The van der Waals surface area contributed by atoms with E-state index in [4.69, 9.17) is 0 Å². The number of nitrogens with zero attached hydrogens (tertiary/aromatic N) is 1. The number of pyridine rings is 1. The third kappa shape index (κ3) is 4.09. The van der Waals surface area contributed by atoms with Crippen LogP contribution in [-0.2, 0) is 0 Å². The number of aromatic nitrogens is 1. The van der Waals surface area contributed by atoms with Crippen molar-refractivity contribution in [3.63, 3.8) is 0 Å². The van der Waals surface area contributed by atoms with Gasteiger partial charge in [-0.25, -0.2) is 0 Å². The van der Waals surface area contributed by atoms with Crippen LogP contribution in [0.1, 0.15) is 16.1 Å². The van der Waals surface area contributed by atoms with Gasteiger partial charge in [0.15, 0.2) is 5.78 Å². The van der Waals surface area contributed by atoms with Gasteiger partial charge in [0, 0.05) is 16.2 Å². The van der Waals surface area contributed by atoms with Crippen LogP contribution in [-0.4, -0.2) is 10.8 Å². The maximum absolute atomic E-state index is 11.8. The second-order valence-electron chi connectivity index (χ2n) is 3.46. The monoisotopic (exact) mass is 323 g/mol. The summed E-state index contributed by atoms with van der Waals surface area (Å²) in [5.74, 6) is -0.0249. The first kappa shape index (κ1) is 14.6. The van der Waals surface area contributed by atoms with Crippen LogP contribution in [0.15, 0.2) is 59.2 Å². The highest BCUT2D eigenvalue weighted by atomic mass is 79.9. The molecule has 2 rings (SSSR count). The van der Waals surface area contributed by atoms with E-state index in [0.717, 1.165) is 10.2 Å². The van der Waals surface area contributed by atoms with Crippen LogP contribution in [0.3, 0.4) is 0 Å². The summed E-state index contributed by atoms with van der Waals surface area (Å²) in [6.07, 6.45) is 4.94. The summed E-state index contributed by atoms with van der Waals surface area (Å²) < 4.78 is 0.961. The fraction of sp³-hybridized carbons (Fsp3) is 0. The minimum atomic E-state index is -0.0249. The van der Waals surface area contributed by atoms with Gasteiger partial charge in [0.05, 0.1) is 5.69 Å². The molecule has 92 valence electrons. The van der Waals surface area contributed by atoms with E-state index in [1.807, 2.05) is 30.3 Å². The second kappa shape index (κ2) is 7.09. The van der Waals surface area contributed by atoms with Crippen LogP contribution < -0.4 is 0 Å². The molecule has 4 heteroatoms. The third-order valence-corrected chi connectivity index (χ3v) is 2.75. The molecule has 0 saturated carbocycles. The summed E-state index contributed by atoms with van der Waals surface area (Å²) in [6, 6.07) is 12.9. The predicted molar refractivity (Wildman–Crippen MR) is 79.0 cm³/mol. The number of rotatable bonds is 3. The zero-order chi connectivity index (χ0) is 12.1. The molecule has 0 fully saturated rings. The zero-order valence-corrected chi connectivity index (χ0v) is 11.8. The number of carbonyl (C=O) groups is 1. The van der Waals surface area contributed by atoms with Crippen molar-refractivity contribution in [1.82, 2.24) is 4.98 Å². The molecule has 18 heavy (non-hydrogen) atoms. The summed E-state index contributed by atoms with van der Waals surface area (Å²) in [5.41, 5.74) is 1.44. The first-order valence-corrected chi connectivity index (χ1v) is 5.94. The number of hydrogen-bond donors (Lipinski definition) is 0. The van der Waals surface area contributed by atoms with Crippen molar-refractivity contribution >= 4 is 40.2 Å². The average molecular weight is 325 g/mol. The van der Waals surface area contributed by atoms with Crippen LogP contribution in [0, 0.1) is 0 Å². The van der Waals surface area contributed by atoms with Crippen molar-refractivity contribution < 1.29 is 4.79 Å². The van der Waals surface area contributed by atoms with Gasteiger partial charge in [0.2, 0.25) is 0 Å². The van der Waals surface area contributed by atoms with Crippen molar-refractivity contribution in [2.75, 3.05) is 0 Å². The highest BCUT2D eigenvalue weighted by Crippen LogP contribution is 2.11. The molecule has 0 saturated heterocycles. The molecule has 0 bridgehead atoms. The van der Waals surface area contributed by atoms with E-state index in [1.165, 1.54) is 6.08 Å². The van der Waals surface area contributed by atoms with Crippen molar-refractivity contribution in [2.45, 2.75) is 0 Å². The Morgan fingerprint density at radius 1 is 1.11 bits per heavy atom. The number of ketones is 1. The number of halogens is 2. The molecule has 0 radical (unpaired) electrons. The lowest BCUT2D eigenvalue weighted by atomic mass is 10.1. The maximum atomic E-state index is 11.8. The minimum absolute atomic E-state index is 0. The largest absolute Gasteiger partial charge is 0.289 e. The normalized spacial score (nSPS) is 10.1. The fourth-order valence-corrected chi connectivity index (χ4v) is 1.61. The van der Waals surface area contributed by atoms with Gasteiger partial charge < -0.3 is 0 Å². The SMILES string of the molecule is Cl.O=C(/C=C/c1ccccn1)c1ccc(Br)cc1. The van der Waals surface area contributed by atoms with Gasteiger partial charge in [0.25, 0.3) is 0 Å². The Bertz CT molecular complexity index is 537. The van der Waals surface area contributed by atoms with E-state index in [9.17, 15) is 4.79 Å². The molecule has 0 aliphatic carbocycles. The molecular formula is C14H11BrClNO. The first-order chi connectivity index (χ1) is 8.25. The molecular weight excluding hydrogens is 314 g/mol. The Kier molecular flexibility index (Phi) is 5.75. The van der Waals surface area contributed by atoms with E-state index in [-0.39, 0.29) is 18.2 Å². The van der Waals surface area contributed by atoms with E-state index >= 15 is 0 Å². The first-order valence-electron chi connectivity index (χ1n) is 5.15. The molecule has 0 amide bonds. The maximum Gasteiger partial charge on any atom is 0.185 e. The molecule has 0 aliphatic rings. The average Bonchev–Trinajstić information content (AvgIpc) is 2.38. The molecule has 1 heterocycles. The summed E-state index contributed by atoms with van der Waals surface area (Å²) in [7, 11) is 0. The molecule has 1 aromatic heterocycles. The Morgan fingerprint density at radius 3 is 2.44 bits per heavy atom. The lowest BCUT2D eigenvalue weighted by molar-refractivity contribution is 0.104. The van der Waals surface area contributed by atoms with Crippen molar-refractivity contribution in [3.8, 4) is 0 Å². The van der Waals surface area contributed by atoms with Crippen LogP contribution in [0.4, 0.5) is 0 Å². The smallest absolute Gasteiger partial charge is 0.185 e. The van der Waals surface area contributed by atoms with Crippen LogP contribution in [0.2, 0.25) is 0 Å². The predicted octanol–water partition coefficient (Wildman–Crippen LogP) is 4.16. The lowest BCUT2D eigenvalue weighted by Crippen LogP contribution is -1.93. The quantitative estimate of drug-likeness (QED) is 0.627. The standard InChI is InChI=1S/C14H10BrNO.ClH/c15-12-6-4-11(5-7-12)14(17)9-8-13-3-1-2-10-16-13;/h1-10H;1H/b9-8+;. The van der Waals surface area contributed by atoms with Gasteiger partial charge in [-0.2, -0.15) is 0 Å². The van der Waals surface area contributed by atoms with Crippen LogP contribution in [0.5, 0.6) is 0 Å². The summed E-state index contributed by atoms with van der Waals surface area (Å²) >= 11 is 3.33. The van der Waals surface area contributed by atoms with Crippen LogP contribution in [0.25, 0.3) is 6.08 Å². The lowest BCUT2D eigenvalue weighted by Gasteiger charge is -1.95. The Hall–Kier alpha value is -1.45. The van der Waals surface area contributed by atoms with Crippen molar-refractivity contribution in [1.29, 1.82) is 0 Å². The van der Waals surface area contributed by atoms with Gasteiger partial charge >= 0.3 is 0 Å². The molecule has 1 aromatic carbocycles. The highest BCUT2D eigenvalue weighted by Gasteiger charge is 2.00. The zero-order valence-electron chi connectivity index (χ0n) is 9.42. The highest BCUT2D eigenvalue weighted by molar-refractivity contribution is 9.10. The van der Waals surface area contributed by atoms with Gasteiger partial charge in [-0.1, -0.05) is 22.0 Å². The summed E-state index contributed by atoms with van der Waals surface area (Å²) in [5, 5.41) is 0. The number of carbonyl (C=O) groups excluding carboxylic acids is 1. The van der Waals surface area contributed by atoms with Gasteiger partial charge in [-0.3, -0.25) is 9.78 Å².